The monoisotopic (exact) mass is 200 g/mol. The van der Waals surface area contributed by atoms with E-state index < -0.39 is 6.04 Å². The summed E-state index contributed by atoms with van der Waals surface area (Å²) in [4.78, 5) is 12.1. The Bertz CT molecular complexity index is 261. The van der Waals surface area contributed by atoms with Crippen molar-refractivity contribution in [1.29, 1.82) is 0 Å². The Morgan fingerprint density at radius 3 is 3.08 bits per heavy atom. The number of hydrogen-bond acceptors (Lipinski definition) is 4. The van der Waals surface area contributed by atoms with Crippen LogP contribution < -0.4 is 11.1 Å². The molecule has 0 aliphatic rings. The Balaban J connectivity index is 2.48. The molecule has 0 aliphatic carbocycles. The normalized spacial score (nSPS) is 12.5. The summed E-state index contributed by atoms with van der Waals surface area (Å²) in [6.45, 7) is 0.181. The zero-order valence-electron chi connectivity index (χ0n) is 7.06. The molecule has 1 rings (SSSR count). The van der Waals surface area contributed by atoms with E-state index in [9.17, 15) is 4.79 Å². The molecule has 4 nitrogen and oxygen atoms in total. The summed E-state index contributed by atoms with van der Waals surface area (Å²) < 4.78 is 0. The maximum absolute atomic E-state index is 11.3. The molecule has 1 heterocycles. The van der Waals surface area contributed by atoms with E-state index in [-0.39, 0.29) is 19.1 Å². The molecule has 4 N–H and O–H groups in total. The van der Waals surface area contributed by atoms with Gasteiger partial charge in [-0.15, -0.1) is 11.3 Å². The lowest BCUT2D eigenvalue weighted by atomic mass is 10.2. The van der Waals surface area contributed by atoms with E-state index in [0.29, 0.717) is 0 Å². The average molecular weight is 200 g/mol. The number of nitrogens with two attached hydrogens (primary N) is 1. The highest BCUT2D eigenvalue weighted by Gasteiger charge is 2.15. The van der Waals surface area contributed by atoms with Gasteiger partial charge in [-0.3, -0.25) is 4.79 Å². The van der Waals surface area contributed by atoms with Gasteiger partial charge in [-0.25, -0.2) is 0 Å². The standard InChI is InChI=1S/C8H12N2O2S/c9-7(6-2-1-5-13-6)8(12)10-3-4-11/h1-2,5,7,11H,3-4,9H2,(H,10,12). The van der Waals surface area contributed by atoms with Crippen LogP contribution in [-0.2, 0) is 4.79 Å². The van der Waals surface area contributed by atoms with E-state index in [1.54, 1.807) is 0 Å². The first-order valence-corrected chi connectivity index (χ1v) is 4.81. The van der Waals surface area contributed by atoms with Crippen LogP contribution in [-0.4, -0.2) is 24.2 Å². The van der Waals surface area contributed by atoms with Gasteiger partial charge in [-0.2, -0.15) is 0 Å². The highest BCUT2D eigenvalue weighted by molar-refractivity contribution is 7.10. The van der Waals surface area contributed by atoms with Crippen molar-refractivity contribution in [3.8, 4) is 0 Å². The molecule has 1 amide bonds. The Hall–Kier alpha value is -0.910. The molecule has 0 saturated carbocycles. The highest BCUT2D eigenvalue weighted by atomic mass is 32.1. The van der Waals surface area contributed by atoms with Gasteiger partial charge in [0, 0.05) is 11.4 Å². The van der Waals surface area contributed by atoms with E-state index in [0.717, 1.165) is 4.88 Å². The zero-order valence-corrected chi connectivity index (χ0v) is 7.88. The fraction of sp³-hybridized carbons (Fsp3) is 0.375. The second kappa shape index (κ2) is 4.96. The average Bonchev–Trinajstić information content (AvgIpc) is 2.65. The first-order valence-electron chi connectivity index (χ1n) is 3.93. The predicted octanol–water partition coefficient (Wildman–Crippen LogP) is -0.144. The van der Waals surface area contributed by atoms with Crippen LogP contribution in [0.3, 0.4) is 0 Å². The number of rotatable bonds is 4. The maximum atomic E-state index is 11.3. The predicted molar refractivity (Wildman–Crippen MR) is 51.3 cm³/mol. The topological polar surface area (TPSA) is 75.4 Å². The summed E-state index contributed by atoms with van der Waals surface area (Å²) in [6.07, 6.45) is 0. The molecule has 13 heavy (non-hydrogen) atoms. The van der Waals surface area contributed by atoms with Crippen molar-refractivity contribution in [2.24, 2.45) is 5.73 Å². The van der Waals surface area contributed by atoms with E-state index in [1.807, 2.05) is 17.5 Å². The molecule has 0 aromatic carbocycles. The van der Waals surface area contributed by atoms with Crippen LogP contribution in [0.25, 0.3) is 0 Å². The molecule has 1 aromatic rings. The van der Waals surface area contributed by atoms with E-state index in [2.05, 4.69) is 5.32 Å². The summed E-state index contributed by atoms with van der Waals surface area (Å²) >= 11 is 1.44. The number of thiophene rings is 1. The lowest BCUT2D eigenvalue weighted by molar-refractivity contribution is -0.122. The second-order valence-electron chi connectivity index (χ2n) is 2.51. The van der Waals surface area contributed by atoms with Crippen LogP contribution in [0, 0.1) is 0 Å². The molecular formula is C8H12N2O2S. The maximum Gasteiger partial charge on any atom is 0.242 e. The molecule has 1 unspecified atom stereocenters. The van der Waals surface area contributed by atoms with Gasteiger partial charge >= 0.3 is 0 Å². The van der Waals surface area contributed by atoms with Crippen molar-refractivity contribution in [3.05, 3.63) is 22.4 Å². The molecule has 72 valence electrons. The number of carbonyl (C=O) groups is 1. The molecule has 0 radical (unpaired) electrons. The SMILES string of the molecule is NC(C(=O)NCCO)c1cccs1. The van der Waals surface area contributed by atoms with E-state index >= 15 is 0 Å². The third-order valence-corrected chi connectivity index (χ3v) is 2.50. The number of carbonyl (C=O) groups excluding carboxylic acids is 1. The molecule has 5 heteroatoms. The first kappa shape index (κ1) is 10.2. The molecule has 0 bridgehead atoms. The van der Waals surface area contributed by atoms with Gasteiger partial charge in [-0.05, 0) is 11.4 Å². The molecule has 0 fully saturated rings. The Labute approximate surface area is 80.4 Å². The number of aliphatic hydroxyl groups excluding tert-OH is 1. The van der Waals surface area contributed by atoms with Gasteiger partial charge in [0.15, 0.2) is 0 Å². The van der Waals surface area contributed by atoms with Crippen molar-refractivity contribution in [2.75, 3.05) is 13.2 Å². The number of hydrogen-bond donors (Lipinski definition) is 3. The fourth-order valence-electron chi connectivity index (χ4n) is 0.886. The number of nitrogens with one attached hydrogen (secondary N) is 1. The summed E-state index contributed by atoms with van der Waals surface area (Å²) in [5.74, 6) is -0.253. The van der Waals surface area contributed by atoms with Gasteiger partial charge < -0.3 is 16.2 Å². The molecule has 0 spiro atoms. The van der Waals surface area contributed by atoms with Crippen LogP contribution >= 0.6 is 11.3 Å². The van der Waals surface area contributed by atoms with Crippen LogP contribution in [0.2, 0.25) is 0 Å². The van der Waals surface area contributed by atoms with Crippen molar-refractivity contribution < 1.29 is 9.90 Å². The highest BCUT2D eigenvalue weighted by Crippen LogP contribution is 2.16. The lowest BCUT2D eigenvalue weighted by Crippen LogP contribution is -2.35. The van der Waals surface area contributed by atoms with Gasteiger partial charge in [0.25, 0.3) is 0 Å². The summed E-state index contributed by atoms with van der Waals surface area (Å²) in [5.41, 5.74) is 5.64. The van der Waals surface area contributed by atoms with Crippen molar-refractivity contribution in [3.63, 3.8) is 0 Å². The third-order valence-electron chi connectivity index (χ3n) is 1.54. The minimum absolute atomic E-state index is 0.0666. The minimum Gasteiger partial charge on any atom is -0.395 e. The van der Waals surface area contributed by atoms with Gasteiger partial charge in [0.1, 0.15) is 6.04 Å². The second-order valence-corrected chi connectivity index (χ2v) is 3.49. The summed E-state index contributed by atoms with van der Waals surface area (Å²) in [6, 6.07) is 3.04. The van der Waals surface area contributed by atoms with Crippen LogP contribution in [0.5, 0.6) is 0 Å². The van der Waals surface area contributed by atoms with Crippen molar-refractivity contribution in [2.45, 2.75) is 6.04 Å². The molecule has 1 aromatic heterocycles. The smallest absolute Gasteiger partial charge is 0.242 e. The van der Waals surface area contributed by atoms with Crippen LogP contribution in [0.15, 0.2) is 17.5 Å². The zero-order chi connectivity index (χ0) is 9.68. The third kappa shape index (κ3) is 2.80. The number of aliphatic hydroxyl groups is 1. The van der Waals surface area contributed by atoms with Crippen LogP contribution in [0.4, 0.5) is 0 Å². The van der Waals surface area contributed by atoms with Gasteiger partial charge in [-0.1, -0.05) is 6.07 Å². The van der Waals surface area contributed by atoms with Crippen molar-refractivity contribution >= 4 is 17.2 Å². The first-order chi connectivity index (χ1) is 6.25. The summed E-state index contributed by atoms with van der Waals surface area (Å²) in [7, 11) is 0. The van der Waals surface area contributed by atoms with E-state index in [4.69, 9.17) is 10.8 Å². The lowest BCUT2D eigenvalue weighted by Gasteiger charge is -2.08. The molecule has 0 aliphatic heterocycles. The van der Waals surface area contributed by atoms with Gasteiger partial charge in [0.2, 0.25) is 5.91 Å². The van der Waals surface area contributed by atoms with Crippen molar-refractivity contribution in [1.82, 2.24) is 5.32 Å². The molecular weight excluding hydrogens is 188 g/mol. The Kier molecular flexibility index (Phi) is 3.88. The fourth-order valence-corrected chi connectivity index (χ4v) is 1.61. The Morgan fingerprint density at radius 2 is 2.54 bits per heavy atom. The van der Waals surface area contributed by atoms with E-state index in [1.165, 1.54) is 11.3 Å². The Morgan fingerprint density at radius 1 is 1.77 bits per heavy atom. The largest absolute Gasteiger partial charge is 0.395 e. The minimum atomic E-state index is -0.619. The number of amides is 1. The van der Waals surface area contributed by atoms with Gasteiger partial charge in [0.05, 0.1) is 6.61 Å². The van der Waals surface area contributed by atoms with Crippen LogP contribution in [0.1, 0.15) is 10.9 Å². The molecule has 0 saturated heterocycles. The quantitative estimate of drug-likeness (QED) is 0.633. The summed E-state index contributed by atoms with van der Waals surface area (Å²) in [5, 5.41) is 12.9. The molecule has 1 atom stereocenters.